The van der Waals surface area contributed by atoms with Gasteiger partial charge in [-0.1, -0.05) is 19.8 Å². The van der Waals surface area contributed by atoms with Crippen molar-refractivity contribution in [2.24, 2.45) is 11.3 Å². The average molecular weight is 239 g/mol. The number of carbonyl (C=O) groups excluding carboxylic acids is 1. The highest BCUT2D eigenvalue weighted by molar-refractivity contribution is 5.60. The number of hydrogen-bond acceptors (Lipinski definition) is 3. The van der Waals surface area contributed by atoms with Crippen LogP contribution in [-0.2, 0) is 9.53 Å². The Hall–Kier alpha value is -0.410. The Morgan fingerprint density at radius 2 is 2.18 bits per heavy atom. The molecule has 2 aliphatic rings. The Balaban J connectivity index is 1.94. The van der Waals surface area contributed by atoms with Gasteiger partial charge in [0.2, 0.25) is 0 Å². The molecular formula is C14H25NO2. The van der Waals surface area contributed by atoms with E-state index in [0.29, 0.717) is 12.6 Å². The zero-order chi connectivity index (χ0) is 12.3. The maximum absolute atomic E-state index is 11.3. The van der Waals surface area contributed by atoms with Gasteiger partial charge in [-0.25, -0.2) is 0 Å². The Labute approximate surface area is 105 Å². The van der Waals surface area contributed by atoms with Crippen LogP contribution >= 0.6 is 0 Å². The summed E-state index contributed by atoms with van der Waals surface area (Å²) in [7, 11) is 2.18. The lowest BCUT2D eigenvalue weighted by atomic mass is 9.82. The molecule has 0 radical (unpaired) electrons. The zero-order valence-corrected chi connectivity index (χ0v) is 11.2. The van der Waals surface area contributed by atoms with Crippen molar-refractivity contribution in [3.8, 4) is 0 Å². The number of nitrogens with zero attached hydrogens (tertiary/aromatic N) is 1. The fourth-order valence-corrected chi connectivity index (χ4v) is 3.44. The van der Waals surface area contributed by atoms with Gasteiger partial charge in [-0.2, -0.15) is 0 Å². The topological polar surface area (TPSA) is 29.5 Å². The Morgan fingerprint density at radius 1 is 1.41 bits per heavy atom. The molecule has 0 amide bonds. The summed E-state index contributed by atoms with van der Waals surface area (Å²) >= 11 is 0. The van der Waals surface area contributed by atoms with Gasteiger partial charge in [-0.3, -0.25) is 0 Å². The summed E-state index contributed by atoms with van der Waals surface area (Å²) in [6.07, 6.45) is 7.34. The largest absolute Gasteiger partial charge is 0.380 e. The molecule has 3 atom stereocenters. The van der Waals surface area contributed by atoms with Crippen LogP contribution in [0.2, 0.25) is 0 Å². The summed E-state index contributed by atoms with van der Waals surface area (Å²) in [6, 6.07) is 0.654. The Kier molecular flexibility index (Phi) is 4.21. The van der Waals surface area contributed by atoms with Gasteiger partial charge in [0.15, 0.2) is 0 Å². The molecule has 1 aliphatic heterocycles. The first-order chi connectivity index (χ1) is 8.17. The molecule has 98 valence electrons. The van der Waals surface area contributed by atoms with Crippen molar-refractivity contribution in [2.45, 2.75) is 45.1 Å². The maximum Gasteiger partial charge on any atom is 0.129 e. The standard InChI is InChI=1S/C14H25NO2/c1-12-5-3-4-6-13(12)15(2)9-14(10-16)7-8-17-11-14/h10,12-13H,3-9,11H2,1-2H3. The van der Waals surface area contributed by atoms with Gasteiger partial charge in [0.05, 0.1) is 12.0 Å². The third kappa shape index (κ3) is 2.89. The SMILES string of the molecule is CC1CCCCC1N(C)CC1(C=O)CCOC1. The zero-order valence-electron chi connectivity index (χ0n) is 11.2. The number of rotatable bonds is 4. The monoisotopic (exact) mass is 239 g/mol. The van der Waals surface area contributed by atoms with Crippen LogP contribution in [-0.4, -0.2) is 44.0 Å². The second-order valence-corrected chi connectivity index (χ2v) is 6.03. The van der Waals surface area contributed by atoms with Crippen LogP contribution < -0.4 is 0 Å². The van der Waals surface area contributed by atoms with Crippen LogP contribution in [0.15, 0.2) is 0 Å². The third-order valence-corrected chi connectivity index (χ3v) is 4.58. The molecule has 1 saturated carbocycles. The molecule has 1 heterocycles. The molecule has 17 heavy (non-hydrogen) atoms. The van der Waals surface area contributed by atoms with Crippen LogP contribution in [0.5, 0.6) is 0 Å². The minimum atomic E-state index is -0.230. The normalized spacial score (nSPS) is 38.5. The summed E-state index contributed by atoms with van der Waals surface area (Å²) in [5.41, 5.74) is -0.230. The highest BCUT2D eigenvalue weighted by atomic mass is 16.5. The summed E-state index contributed by atoms with van der Waals surface area (Å²) < 4.78 is 5.41. The predicted octanol–water partition coefficient (Wildman–Crippen LogP) is 2.10. The van der Waals surface area contributed by atoms with E-state index in [4.69, 9.17) is 4.74 Å². The fourth-order valence-electron chi connectivity index (χ4n) is 3.44. The average Bonchev–Trinajstić information content (AvgIpc) is 2.79. The van der Waals surface area contributed by atoms with Crippen LogP contribution in [0, 0.1) is 11.3 Å². The first-order valence-corrected chi connectivity index (χ1v) is 6.91. The first-order valence-electron chi connectivity index (χ1n) is 6.91. The van der Waals surface area contributed by atoms with Crippen molar-refractivity contribution >= 4 is 6.29 Å². The molecule has 0 aromatic rings. The van der Waals surface area contributed by atoms with E-state index >= 15 is 0 Å². The van der Waals surface area contributed by atoms with Gasteiger partial charge < -0.3 is 14.4 Å². The third-order valence-electron chi connectivity index (χ3n) is 4.58. The molecule has 1 saturated heterocycles. The summed E-state index contributed by atoms with van der Waals surface area (Å²) in [6.45, 7) is 4.57. The van der Waals surface area contributed by atoms with Crippen molar-refractivity contribution in [1.82, 2.24) is 4.90 Å². The van der Waals surface area contributed by atoms with Crippen molar-refractivity contribution in [1.29, 1.82) is 0 Å². The van der Waals surface area contributed by atoms with Crippen LogP contribution in [0.1, 0.15) is 39.0 Å². The lowest BCUT2D eigenvalue weighted by Gasteiger charge is -2.39. The molecule has 2 fully saturated rings. The molecule has 1 aliphatic carbocycles. The fraction of sp³-hybridized carbons (Fsp3) is 0.929. The van der Waals surface area contributed by atoms with Gasteiger partial charge in [0.1, 0.15) is 6.29 Å². The Morgan fingerprint density at radius 3 is 2.76 bits per heavy atom. The van der Waals surface area contributed by atoms with Gasteiger partial charge >= 0.3 is 0 Å². The van der Waals surface area contributed by atoms with E-state index in [-0.39, 0.29) is 5.41 Å². The summed E-state index contributed by atoms with van der Waals surface area (Å²) in [4.78, 5) is 13.7. The predicted molar refractivity (Wildman–Crippen MR) is 68.0 cm³/mol. The molecule has 0 aromatic carbocycles. The highest BCUT2D eigenvalue weighted by Gasteiger charge is 2.38. The lowest BCUT2D eigenvalue weighted by Crippen LogP contribution is -2.46. The van der Waals surface area contributed by atoms with Gasteiger partial charge in [0, 0.05) is 19.2 Å². The van der Waals surface area contributed by atoms with Crippen LogP contribution in [0.4, 0.5) is 0 Å². The second kappa shape index (κ2) is 5.49. The minimum Gasteiger partial charge on any atom is -0.380 e. The molecule has 2 rings (SSSR count). The van der Waals surface area contributed by atoms with E-state index in [1.165, 1.54) is 25.7 Å². The van der Waals surface area contributed by atoms with E-state index in [1.807, 2.05) is 0 Å². The summed E-state index contributed by atoms with van der Waals surface area (Å²) in [5, 5.41) is 0. The van der Waals surface area contributed by atoms with E-state index in [2.05, 4.69) is 18.9 Å². The first kappa shape index (κ1) is 13.0. The van der Waals surface area contributed by atoms with Crippen LogP contribution in [0.3, 0.4) is 0 Å². The quantitative estimate of drug-likeness (QED) is 0.704. The molecule has 3 nitrogen and oxygen atoms in total. The molecule has 3 unspecified atom stereocenters. The number of carbonyl (C=O) groups is 1. The van der Waals surface area contributed by atoms with Crippen molar-refractivity contribution in [3.05, 3.63) is 0 Å². The van der Waals surface area contributed by atoms with E-state index in [0.717, 1.165) is 31.8 Å². The summed E-state index contributed by atoms with van der Waals surface area (Å²) in [5.74, 6) is 0.764. The van der Waals surface area contributed by atoms with Crippen molar-refractivity contribution < 1.29 is 9.53 Å². The lowest BCUT2D eigenvalue weighted by molar-refractivity contribution is -0.117. The van der Waals surface area contributed by atoms with Crippen molar-refractivity contribution in [3.63, 3.8) is 0 Å². The Bertz CT molecular complexity index is 261. The number of ether oxygens (including phenoxy) is 1. The van der Waals surface area contributed by atoms with Crippen molar-refractivity contribution in [2.75, 3.05) is 26.8 Å². The van der Waals surface area contributed by atoms with E-state index < -0.39 is 0 Å². The molecule has 3 heteroatoms. The maximum atomic E-state index is 11.3. The highest BCUT2D eigenvalue weighted by Crippen LogP contribution is 2.32. The van der Waals surface area contributed by atoms with Gasteiger partial charge in [-0.05, 0) is 32.2 Å². The smallest absolute Gasteiger partial charge is 0.129 e. The van der Waals surface area contributed by atoms with Gasteiger partial charge in [-0.15, -0.1) is 0 Å². The van der Waals surface area contributed by atoms with E-state index in [1.54, 1.807) is 0 Å². The van der Waals surface area contributed by atoms with Gasteiger partial charge in [0.25, 0.3) is 0 Å². The molecule has 0 spiro atoms. The number of aldehydes is 1. The molecular weight excluding hydrogens is 214 g/mol. The molecule has 0 bridgehead atoms. The van der Waals surface area contributed by atoms with E-state index in [9.17, 15) is 4.79 Å². The molecule has 0 aromatic heterocycles. The van der Waals surface area contributed by atoms with Crippen LogP contribution in [0.25, 0.3) is 0 Å². The molecule has 0 N–H and O–H groups in total. The second-order valence-electron chi connectivity index (χ2n) is 6.03. The number of hydrogen-bond donors (Lipinski definition) is 0. The minimum absolute atomic E-state index is 0.230.